The lowest BCUT2D eigenvalue weighted by molar-refractivity contribution is -0.139. The summed E-state index contributed by atoms with van der Waals surface area (Å²) in [5.74, 6) is 1.81. The molecular weight excluding hydrogens is 774 g/mol. The van der Waals surface area contributed by atoms with Crippen molar-refractivity contribution < 1.29 is 35.8 Å². The van der Waals surface area contributed by atoms with E-state index >= 15 is 21.6 Å². The number of ether oxygens (including phenoxy) is 3. The van der Waals surface area contributed by atoms with Crippen LogP contribution in [0.4, 0.5) is 13.2 Å². The quantitative estimate of drug-likeness (QED) is 0.0817. The number of aromatic nitrogens is 4. The van der Waals surface area contributed by atoms with Gasteiger partial charge in [0.15, 0.2) is 11.8 Å². The van der Waals surface area contributed by atoms with Crippen molar-refractivity contribution in [1.82, 2.24) is 24.5 Å². The highest BCUT2D eigenvalue weighted by molar-refractivity contribution is 7.89. The topological polar surface area (TPSA) is 173 Å². The number of nitrogens with two attached hydrogens (primary N) is 2. The second-order valence-electron chi connectivity index (χ2n) is 14.2. The van der Waals surface area contributed by atoms with Gasteiger partial charge in [-0.15, -0.1) is 5.10 Å². The molecule has 1 heterocycles. The Morgan fingerprint density at radius 3 is 1.79 bits per heavy atom. The van der Waals surface area contributed by atoms with Crippen LogP contribution in [0.5, 0.6) is 17.2 Å². The SMILES string of the molecule is COc1ccc(CN(Cc2ccc(OC)cc2)S(=O)(=O)c2c(C(F)(F)F)ccc(CCC3CCC(N=C(N)N)CC3)c2-c2nnnn2Cc2ccc(OC)cc2)cc1. The predicted molar refractivity (Wildman–Crippen MR) is 213 cm³/mol. The Bertz CT molecular complexity index is 2220. The van der Waals surface area contributed by atoms with Crippen molar-refractivity contribution >= 4 is 16.0 Å². The largest absolute Gasteiger partial charge is 0.497 e. The van der Waals surface area contributed by atoms with Crippen LogP contribution in [0.3, 0.4) is 0 Å². The lowest BCUT2D eigenvalue weighted by atomic mass is 9.82. The zero-order valence-corrected chi connectivity index (χ0v) is 33.3. The smallest absolute Gasteiger partial charge is 0.417 e. The fraction of sp³-hybridized carbons (Fsp3) is 0.366. The van der Waals surface area contributed by atoms with Crippen LogP contribution in [0.2, 0.25) is 0 Å². The first-order valence-electron chi connectivity index (χ1n) is 18.8. The van der Waals surface area contributed by atoms with Gasteiger partial charge in [-0.2, -0.15) is 17.5 Å². The Kier molecular flexibility index (Phi) is 13.2. The number of benzene rings is 4. The number of hydrogen-bond acceptors (Lipinski definition) is 9. The number of hydrogen-bond donors (Lipinski definition) is 2. The molecule has 1 fully saturated rings. The average Bonchev–Trinajstić information content (AvgIpc) is 3.67. The number of aliphatic imine (C=N–C) groups is 1. The molecular formula is C41H47F3N8O5S. The second-order valence-corrected chi connectivity index (χ2v) is 16.1. The van der Waals surface area contributed by atoms with E-state index in [0.717, 1.165) is 36.1 Å². The number of rotatable bonds is 16. The van der Waals surface area contributed by atoms with Crippen LogP contribution in [-0.2, 0) is 42.3 Å². The van der Waals surface area contributed by atoms with E-state index in [0.29, 0.717) is 45.9 Å². The first-order valence-corrected chi connectivity index (χ1v) is 20.2. The summed E-state index contributed by atoms with van der Waals surface area (Å²) in [4.78, 5) is 3.39. The Morgan fingerprint density at radius 2 is 1.31 bits per heavy atom. The second kappa shape index (κ2) is 18.3. The van der Waals surface area contributed by atoms with Crippen LogP contribution >= 0.6 is 0 Å². The number of methoxy groups -OCH3 is 3. The normalized spacial score (nSPS) is 15.9. The molecule has 0 spiro atoms. The lowest BCUT2D eigenvalue weighted by Gasteiger charge is -2.28. The molecule has 0 unspecified atom stereocenters. The van der Waals surface area contributed by atoms with Crippen LogP contribution in [0, 0.1) is 5.92 Å². The van der Waals surface area contributed by atoms with Gasteiger partial charge in [-0.05, 0) is 120 Å². The molecule has 1 aliphatic rings. The first-order chi connectivity index (χ1) is 27.8. The lowest BCUT2D eigenvalue weighted by Crippen LogP contribution is -2.33. The molecule has 0 radical (unpaired) electrons. The van der Waals surface area contributed by atoms with Gasteiger partial charge in [0, 0.05) is 18.7 Å². The first kappa shape index (κ1) is 41.9. The van der Waals surface area contributed by atoms with Crippen molar-refractivity contribution in [1.29, 1.82) is 0 Å². The van der Waals surface area contributed by atoms with Gasteiger partial charge in [0.25, 0.3) is 0 Å². The third kappa shape index (κ3) is 10.1. The molecule has 13 nitrogen and oxygen atoms in total. The summed E-state index contributed by atoms with van der Waals surface area (Å²) < 4.78 is 94.9. The van der Waals surface area contributed by atoms with Crippen molar-refractivity contribution in [3.8, 4) is 28.6 Å². The molecule has 308 valence electrons. The fourth-order valence-corrected chi connectivity index (χ4v) is 9.16. The van der Waals surface area contributed by atoms with E-state index in [9.17, 15) is 0 Å². The fourth-order valence-electron chi connectivity index (χ4n) is 7.32. The Labute approximate surface area is 335 Å². The monoisotopic (exact) mass is 820 g/mol. The summed E-state index contributed by atoms with van der Waals surface area (Å²) in [6.45, 7) is -0.470. The summed E-state index contributed by atoms with van der Waals surface area (Å²) in [5.41, 5.74) is 11.9. The van der Waals surface area contributed by atoms with Gasteiger partial charge in [0.1, 0.15) is 22.1 Å². The summed E-state index contributed by atoms with van der Waals surface area (Å²) in [7, 11) is -0.455. The summed E-state index contributed by atoms with van der Waals surface area (Å²) >= 11 is 0. The van der Waals surface area contributed by atoms with Crippen molar-refractivity contribution in [3.63, 3.8) is 0 Å². The number of guanidine groups is 1. The molecule has 6 rings (SSSR count). The van der Waals surface area contributed by atoms with E-state index < -0.39 is 26.7 Å². The summed E-state index contributed by atoms with van der Waals surface area (Å²) in [6.07, 6.45) is -1.11. The van der Waals surface area contributed by atoms with Gasteiger partial charge in [-0.1, -0.05) is 42.5 Å². The highest BCUT2D eigenvalue weighted by Gasteiger charge is 2.43. The molecule has 1 aliphatic carbocycles. The third-order valence-electron chi connectivity index (χ3n) is 10.4. The molecule has 4 aromatic carbocycles. The molecule has 58 heavy (non-hydrogen) atoms. The van der Waals surface area contributed by atoms with E-state index in [4.69, 9.17) is 25.7 Å². The average molecular weight is 821 g/mol. The molecule has 4 N–H and O–H groups in total. The van der Waals surface area contributed by atoms with Gasteiger partial charge in [-0.3, -0.25) is 4.99 Å². The Hall–Kier alpha value is -5.68. The molecule has 0 amide bonds. The minimum atomic E-state index is -5.07. The highest BCUT2D eigenvalue weighted by Crippen LogP contribution is 2.43. The molecule has 1 aromatic heterocycles. The molecule has 0 saturated heterocycles. The maximum absolute atomic E-state index is 15.3. The van der Waals surface area contributed by atoms with Gasteiger partial charge in [-0.25, -0.2) is 13.1 Å². The Morgan fingerprint density at radius 1 is 0.793 bits per heavy atom. The molecule has 0 aliphatic heterocycles. The number of aryl methyl sites for hydroxylation is 1. The van der Waals surface area contributed by atoms with Crippen molar-refractivity contribution in [2.24, 2.45) is 22.4 Å². The number of tetrazole rings is 1. The molecule has 0 atom stereocenters. The van der Waals surface area contributed by atoms with E-state index in [2.05, 4.69) is 20.5 Å². The molecule has 0 bridgehead atoms. The predicted octanol–water partition coefficient (Wildman–Crippen LogP) is 6.59. The van der Waals surface area contributed by atoms with Crippen LogP contribution < -0.4 is 25.7 Å². The maximum Gasteiger partial charge on any atom is 0.417 e. The minimum Gasteiger partial charge on any atom is -0.497 e. The zero-order chi connectivity index (χ0) is 41.5. The summed E-state index contributed by atoms with van der Waals surface area (Å²) in [6, 6.07) is 22.6. The van der Waals surface area contributed by atoms with Crippen LogP contribution in [-0.4, -0.2) is 66.3 Å². The summed E-state index contributed by atoms with van der Waals surface area (Å²) in [5, 5.41) is 12.3. The number of alkyl halides is 3. The molecule has 1 saturated carbocycles. The number of halogens is 3. The van der Waals surface area contributed by atoms with E-state index in [1.54, 1.807) is 72.8 Å². The maximum atomic E-state index is 15.3. The zero-order valence-electron chi connectivity index (χ0n) is 32.5. The highest BCUT2D eigenvalue weighted by atomic mass is 32.2. The third-order valence-corrected chi connectivity index (χ3v) is 12.3. The van der Waals surface area contributed by atoms with E-state index in [1.165, 1.54) is 32.1 Å². The van der Waals surface area contributed by atoms with Crippen LogP contribution in [0.25, 0.3) is 11.4 Å². The molecule has 5 aromatic rings. The number of sulfonamides is 1. The van der Waals surface area contributed by atoms with Crippen molar-refractivity contribution in [3.05, 3.63) is 113 Å². The van der Waals surface area contributed by atoms with Crippen LogP contribution in [0.1, 0.15) is 59.9 Å². The van der Waals surface area contributed by atoms with Gasteiger partial charge in [0.2, 0.25) is 10.0 Å². The molecule has 17 heteroatoms. The van der Waals surface area contributed by atoms with E-state index in [-0.39, 0.29) is 55.4 Å². The van der Waals surface area contributed by atoms with Gasteiger partial charge >= 0.3 is 6.18 Å². The standard InChI is InChI=1S/C41H47F3N8O5S/c1-55-33-17-7-28(8-18-33)24-51(25-29-9-19-34(56-2)20-10-29)58(53,54)38-36(41(42,43)44)23-14-31(13-4-27-5-15-32(16-6-27)47-40(45)46)37(38)39-48-49-50-52(39)26-30-11-21-35(57-3)22-12-30/h7-12,14,17-23,27,32H,4-6,13,15-16,24-26H2,1-3H3,(H4,45,46,47). The minimum absolute atomic E-state index is 0.00425. The van der Waals surface area contributed by atoms with E-state index in [1.807, 2.05) is 0 Å². The Balaban J connectivity index is 1.50. The number of nitrogens with zero attached hydrogens (tertiary/aromatic N) is 6. The van der Waals surface area contributed by atoms with Crippen molar-refractivity contribution in [2.75, 3.05) is 21.3 Å². The van der Waals surface area contributed by atoms with Crippen molar-refractivity contribution in [2.45, 2.75) is 75.3 Å². The van der Waals surface area contributed by atoms with Gasteiger partial charge in [0.05, 0.1) is 39.5 Å². The van der Waals surface area contributed by atoms with Crippen LogP contribution in [0.15, 0.2) is 94.8 Å². The van der Waals surface area contributed by atoms with Gasteiger partial charge < -0.3 is 25.7 Å².